The molecule has 0 amide bonds. The summed E-state index contributed by atoms with van der Waals surface area (Å²) < 4.78 is 21.6. The van der Waals surface area contributed by atoms with Crippen LogP contribution in [0.15, 0.2) is 0 Å². The Morgan fingerprint density at radius 3 is 2.52 bits per heavy atom. The summed E-state index contributed by atoms with van der Waals surface area (Å²) in [7, 11) is 1.24. The van der Waals surface area contributed by atoms with Crippen LogP contribution < -0.4 is 0 Å². The lowest BCUT2D eigenvalue weighted by atomic mass is 9.94. The molecule has 3 atom stereocenters. The summed E-state index contributed by atoms with van der Waals surface area (Å²) in [5.41, 5.74) is 0.0146. The largest absolute Gasteiger partial charge is 0.508 e. The fraction of sp³-hybridized carbons (Fsp3) is 0.867. The molecule has 118 valence electrons. The number of ether oxygens (including phenoxy) is 4. The molecule has 3 aliphatic rings. The monoisotopic (exact) mass is 298 g/mol. The fourth-order valence-electron chi connectivity index (χ4n) is 3.63. The lowest BCUT2D eigenvalue weighted by Crippen LogP contribution is -2.47. The van der Waals surface area contributed by atoms with Crippen LogP contribution in [0.25, 0.3) is 0 Å². The Labute approximate surface area is 124 Å². The van der Waals surface area contributed by atoms with E-state index in [4.69, 9.17) is 14.2 Å². The van der Waals surface area contributed by atoms with Gasteiger partial charge in [-0.2, -0.15) is 0 Å². The third-order valence-electron chi connectivity index (χ3n) is 4.74. The Balaban J connectivity index is 1.69. The average Bonchev–Trinajstić information content (AvgIpc) is 2.90. The van der Waals surface area contributed by atoms with Crippen LogP contribution in [-0.2, 0) is 23.7 Å². The number of Topliss-reactive ketones (excluding diaryl/α,β-unsaturated/α-hetero) is 1. The van der Waals surface area contributed by atoms with Crippen molar-refractivity contribution < 1.29 is 28.5 Å². The highest BCUT2D eigenvalue weighted by molar-refractivity contribution is 5.87. The minimum absolute atomic E-state index is 0.0146. The molecule has 3 rings (SSSR count). The maximum absolute atomic E-state index is 12.0. The highest BCUT2D eigenvalue weighted by atomic mass is 16.7. The molecule has 6 heteroatoms. The van der Waals surface area contributed by atoms with E-state index in [1.54, 1.807) is 0 Å². The van der Waals surface area contributed by atoms with Gasteiger partial charge in [0.15, 0.2) is 17.7 Å². The van der Waals surface area contributed by atoms with Crippen molar-refractivity contribution in [1.82, 2.24) is 0 Å². The van der Waals surface area contributed by atoms with Crippen molar-refractivity contribution >= 4 is 11.9 Å². The minimum Gasteiger partial charge on any atom is -0.438 e. The van der Waals surface area contributed by atoms with Crippen LogP contribution >= 0.6 is 0 Å². The molecule has 1 unspecified atom stereocenters. The Bertz CT molecular complexity index is 447. The predicted octanol–water partition coefficient (Wildman–Crippen LogP) is 1.91. The molecular formula is C15H22O6. The molecule has 2 aliphatic carbocycles. The number of hydrogen-bond donors (Lipinski definition) is 0. The molecule has 21 heavy (non-hydrogen) atoms. The highest BCUT2D eigenvalue weighted by Gasteiger charge is 2.58. The number of carbonyl (C=O) groups is 2. The molecule has 1 spiro atoms. The van der Waals surface area contributed by atoms with Gasteiger partial charge in [-0.1, -0.05) is 13.8 Å². The van der Waals surface area contributed by atoms with E-state index in [2.05, 4.69) is 18.6 Å². The highest BCUT2D eigenvalue weighted by Crippen LogP contribution is 2.52. The summed E-state index contributed by atoms with van der Waals surface area (Å²) >= 11 is 0. The van der Waals surface area contributed by atoms with Crippen molar-refractivity contribution in [2.75, 3.05) is 20.3 Å². The normalized spacial score (nSPS) is 36.5. The van der Waals surface area contributed by atoms with Crippen molar-refractivity contribution in [3.63, 3.8) is 0 Å². The Morgan fingerprint density at radius 2 is 1.90 bits per heavy atom. The Morgan fingerprint density at radius 1 is 1.24 bits per heavy atom. The molecule has 1 aliphatic heterocycles. The molecule has 0 aromatic heterocycles. The number of fused-ring (bicyclic) bond motifs is 1. The Kier molecular flexibility index (Phi) is 3.48. The van der Waals surface area contributed by atoms with E-state index in [1.807, 2.05) is 0 Å². The van der Waals surface area contributed by atoms with Crippen LogP contribution in [0.3, 0.4) is 0 Å². The summed E-state index contributed by atoms with van der Waals surface area (Å²) in [5, 5.41) is 0. The van der Waals surface area contributed by atoms with Crippen molar-refractivity contribution in [2.24, 2.45) is 17.3 Å². The molecule has 0 aromatic carbocycles. The van der Waals surface area contributed by atoms with E-state index in [-0.39, 0.29) is 23.0 Å². The zero-order chi connectivity index (χ0) is 15.3. The topological polar surface area (TPSA) is 71.1 Å². The molecular weight excluding hydrogens is 276 g/mol. The zero-order valence-corrected chi connectivity index (χ0v) is 12.7. The standard InChI is InChI=1S/C15H22O6/c1-14(2)7-19-15(20-8-14)5-9-4-11(16)12(10(9)6-15)21-13(17)18-3/h9-10,12H,4-8H2,1-3H3/t9-,10+,12?/m0/s1. The molecule has 0 radical (unpaired) electrons. The first-order valence-electron chi connectivity index (χ1n) is 7.39. The van der Waals surface area contributed by atoms with Gasteiger partial charge in [0.25, 0.3) is 0 Å². The van der Waals surface area contributed by atoms with Crippen LogP contribution in [-0.4, -0.2) is 44.2 Å². The number of rotatable bonds is 1. The van der Waals surface area contributed by atoms with Crippen molar-refractivity contribution in [2.45, 2.75) is 45.0 Å². The first-order chi connectivity index (χ1) is 9.84. The first-order valence-corrected chi connectivity index (χ1v) is 7.39. The van der Waals surface area contributed by atoms with Crippen LogP contribution in [0.4, 0.5) is 4.79 Å². The predicted molar refractivity (Wildman–Crippen MR) is 71.5 cm³/mol. The quantitative estimate of drug-likeness (QED) is 0.689. The summed E-state index contributed by atoms with van der Waals surface area (Å²) in [5.74, 6) is -0.504. The average molecular weight is 298 g/mol. The molecule has 2 saturated carbocycles. The van der Waals surface area contributed by atoms with Gasteiger partial charge in [-0.3, -0.25) is 4.79 Å². The van der Waals surface area contributed by atoms with Gasteiger partial charge in [-0.15, -0.1) is 0 Å². The van der Waals surface area contributed by atoms with Gasteiger partial charge in [0, 0.05) is 30.6 Å². The summed E-state index contributed by atoms with van der Waals surface area (Å²) in [4.78, 5) is 23.3. The Hall–Kier alpha value is -1.14. The second kappa shape index (κ2) is 4.95. The molecule has 0 aromatic rings. The number of ketones is 1. The third-order valence-corrected chi connectivity index (χ3v) is 4.74. The number of hydrogen-bond acceptors (Lipinski definition) is 6. The van der Waals surface area contributed by atoms with Crippen molar-refractivity contribution in [3.8, 4) is 0 Å². The van der Waals surface area contributed by atoms with E-state index >= 15 is 0 Å². The van der Waals surface area contributed by atoms with Gasteiger partial charge in [0.1, 0.15) is 0 Å². The van der Waals surface area contributed by atoms with Gasteiger partial charge >= 0.3 is 6.16 Å². The SMILES string of the molecule is COC(=O)OC1C(=O)C[C@H]2CC3(C[C@@H]12)OCC(C)(C)CO3. The molecule has 0 bridgehead atoms. The maximum Gasteiger partial charge on any atom is 0.508 e. The lowest BCUT2D eigenvalue weighted by Gasteiger charge is -2.42. The minimum atomic E-state index is -0.804. The van der Waals surface area contributed by atoms with Gasteiger partial charge in [0.2, 0.25) is 0 Å². The van der Waals surface area contributed by atoms with E-state index < -0.39 is 18.0 Å². The lowest BCUT2D eigenvalue weighted by molar-refractivity contribution is -0.297. The second-order valence-electron chi connectivity index (χ2n) is 7.15. The molecule has 0 N–H and O–H groups in total. The van der Waals surface area contributed by atoms with Crippen molar-refractivity contribution in [1.29, 1.82) is 0 Å². The summed E-state index contributed by atoms with van der Waals surface area (Å²) in [6.07, 6.45) is 0.191. The van der Waals surface area contributed by atoms with Gasteiger partial charge in [0.05, 0.1) is 20.3 Å². The molecule has 3 fully saturated rings. The fourth-order valence-corrected chi connectivity index (χ4v) is 3.63. The van der Waals surface area contributed by atoms with E-state index in [0.717, 1.165) is 0 Å². The second-order valence-corrected chi connectivity index (χ2v) is 7.15. The van der Waals surface area contributed by atoms with Crippen LogP contribution in [0.2, 0.25) is 0 Å². The molecule has 6 nitrogen and oxygen atoms in total. The number of methoxy groups -OCH3 is 1. The van der Waals surface area contributed by atoms with E-state index in [1.165, 1.54) is 7.11 Å². The first kappa shape index (κ1) is 14.8. The van der Waals surface area contributed by atoms with Crippen molar-refractivity contribution in [3.05, 3.63) is 0 Å². The molecule has 1 saturated heterocycles. The van der Waals surface area contributed by atoms with E-state index in [9.17, 15) is 9.59 Å². The van der Waals surface area contributed by atoms with E-state index in [0.29, 0.717) is 32.5 Å². The smallest absolute Gasteiger partial charge is 0.438 e. The van der Waals surface area contributed by atoms with Crippen LogP contribution in [0.1, 0.15) is 33.1 Å². The maximum atomic E-state index is 12.0. The van der Waals surface area contributed by atoms with Crippen LogP contribution in [0, 0.1) is 17.3 Å². The van der Waals surface area contributed by atoms with Gasteiger partial charge in [-0.05, 0) is 5.92 Å². The summed E-state index contributed by atoms with van der Waals surface area (Å²) in [6, 6.07) is 0. The summed E-state index contributed by atoms with van der Waals surface area (Å²) in [6.45, 7) is 5.48. The number of carbonyl (C=O) groups excluding carboxylic acids is 2. The van der Waals surface area contributed by atoms with Crippen LogP contribution in [0.5, 0.6) is 0 Å². The zero-order valence-electron chi connectivity index (χ0n) is 12.7. The molecule has 1 heterocycles. The van der Waals surface area contributed by atoms with Gasteiger partial charge < -0.3 is 18.9 Å². The van der Waals surface area contributed by atoms with Gasteiger partial charge in [-0.25, -0.2) is 4.79 Å². The third kappa shape index (κ3) is 2.66.